The van der Waals surface area contributed by atoms with Crippen molar-refractivity contribution in [2.45, 2.75) is 32.7 Å². The summed E-state index contributed by atoms with van der Waals surface area (Å²) in [7, 11) is 0. The first kappa shape index (κ1) is 12.3. The molecule has 2 rings (SSSR count). The maximum Gasteiger partial charge on any atom is 0.0894 e. The number of hydrogen-bond acceptors (Lipinski definition) is 2. The van der Waals surface area contributed by atoms with Crippen molar-refractivity contribution in [2.75, 3.05) is 0 Å². The van der Waals surface area contributed by atoms with Gasteiger partial charge >= 0.3 is 0 Å². The Kier molecular flexibility index (Phi) is 3.11. The van der Waals surface area contributed by atoms with Crippen molar-refractivity contribution >= 4 is 22.5 Å². The minimum Gasteiger partial charge on any atom is -0.325 e. The number of hydrogen-bond donors (Lipinski definition) is 1. The third-order valence-corrected chi connectivity index (χ3v) is 2.96. The van der Waals surface area contributed by atoms with Crippen LogP contribution in [0.3, 0.4) is 0 Å². The van der Waals surface area contributed by atoms with E-state index in [4.69, 9.17) is 17.3 Å². The molecule has 17 heavy (non-hydrogen) atoms. The number of nitrogens with zero attached hydrogens (tertiary/aromatic N) is 1. The lowest BCUT2D eigenvalue weighted by Crippen LogP contribution is -2.34. The third kappa shape index (κ3) is 2.76. The molecular weight excluding hydrogens is 232 g/mol. The van der Waals surface area contributed by atoms with Crippen molar-refractivity contribution in [1.29, 1.82) is 0 Å². The van der Waals surface area contributed by atoms with Crippen LogP contribution < -0.4 is 5.73 Å². The number of rotatable bonds is 2. The van der Waals surface area contributed by atoms with E-state index in [2.05, 4.69) is 17.1 Å². The second kappa shape index (κ2) is 4.28. The molecular formula is C14H17ClN2. The number of halogens is 1. The summed E-state index contributed by atoms with van der Waals surface area (Å²) in [6, 6.07) is 7.96. The zero-order valence-electron chi connectivity index (χ0n) is 10.4. The third-order valence-electron chi connectivity index (χ3n) is 2.65. The molecule has 0 atom stereocenters. The minimum absolute atomic E-state index is 0.233. The maximum atomic E-state index is 6.18. The molecule has 0 aliphatic heterocycles. The zero-order chi connectivity index (χ0) is 12.6. The second-order valence-corrected chi connectivity index (χ2v) is 5.63. The van der Waals surface area contributed by atoms with E-state index in [1.165, 1.54) is 5.56 Å². The van der Waals surface area contributed by atoms with Crippen LogP contribution >= 0.6 is 11.6 Å². The molecule has 0 saturated heterocycles. The molecule has 0 spiro atoms. The molecule has 1 aromatic carbocycles. The van der Waals surface area contributed by atoms with Crippen molar-refractivity contribution < 1.29 is 0 Å². The molecule has 1 heterocycles. The molecule has 0 bridgehead atoms. The Morgan fingerprint density at radius 3 is 2.71 bits per heavy atom. The summed E-state index contributed by atoms with van der Waals surface area (Å²) in [5.41, 5.74) is 8.92. The lowest BCUT2D eigenvalue weighted by atomic mass is 9.93. The van der Waals surface area contributed by atoms with Crippen LogP contribution in [0.15, 0.2) is 24.3 Å². The van der Waals surface area contributed by atoms with Crippen molar-refractivity contribution in [1.82, 2.24) is 4.98 Å². The zero-order valence-corrected chi connectivity index (χ0v) is 11.2. The SMILES string of the molecule is Cc1cc(CC(C)(C)N)c2cccc(Cl)c2n1. The van der Waals surface area contributed by atoms with Crippen LogP contribution in [0.5, 0.6) is 0 Å². The standard InChI is InChI=1S/C14H17ClN2/c1-9-7-10(8-14(2,3)16)11-5-4-6-12(15)13(11)17-9/h4-7H,8,16H2,1-3H3. The summed E-state index contributed by atoms with van der Waals surface area (Å²) >= 11 is 6.18. The summed E-state index contributed by atoms with van der Waals surface area (Å²) in [6.07, 6.45) is 0.813. The van der Waals surface area contributed by atoms with Gasteiger partial charge in [-0.15, -0.1) is 0 Å². The van der Waals surface area contributed by atoms with Crippen LogP contribution in [0, 0.1) is 6.92 Å². The van der Waals surface area contributed by atoms with E-state index in [1.54, 1.807) is 0 Å². The van der Waals surface area contributed by atoms with Crippen LogP contribution in [-0.4, -0.2) is 10.5 Å². The summed E-state index contributed by atoms with van der Waals surface area (Å²) in [5.74, 6) is 0. The Morgan fingerprint density at radius 2 is 2.06 bits per heavy atom. The molecule has 0 radical (unpaired) electrons. The number of nitrogens with two attached hydrogens (primary N) is 1. The Morgan fingerprint density at radius 1 is 1.35 bits per heavy atom. The van der Waals surface area contributed by atoms with E-state index < -0.39 is 0 Å². The Bertz CT molecular complexity index is 556. The van der Waals surface area contributed by atoms with Crippen molar-refractivity contribution in [3.05, 3.63) is 40.5 Å². The highest BCUT2D eigenvalue weighted by Gasteiger charge is 2.15. The number of benzene rings is 1. The summed E-state index contributed by atoms with van der Waals surface area (Å²) < 4.78 is 0. The predicted octanol–water partition coefficient (Wildman–Crippen LogP) is 3.48. The van der Waals surface area contributed by atoms with E-state index in [-0.39, 0.29) is 5.54 Å². The van der Waals surface area contributed by atoms with Gasteiger partial charge in [0.1, 0.15) is 0 Å². The van der Waals surface area contributed by atoms with E-state index in [0.717, 1.165) is 23.0 Å². The lowest BCUT2D eigenvalue weighted by Gasteiger charge is -2.20. The van der Waals surface area contributed by atoms with E-state index in [1.807, 2.05) is 32.9 Å². The highest BCUT2D eigenvalue weighted by Crippen LogP contribution is 2.26. The molecule has 1 aromatic heterocycles. The van der Waals surface area contributed by atoms with Crippen LogP contribution in [0.4, 0.5) is 0 Å². The van der Waals surface area contributed by atoms with Gasteiger partial charge in [-0.25, -0.2) is 0 Å². The van der Waals surface area contributed by atoms with Crippen molar-refractivity contribution in [3.63, 3.8) is 0 Å². The molecule has 0 saturated carbocycles. The molecule has 2 nitrogen and oxygen atoms in total. The smallest absolute Gasteiger partial charge is 0.0894 e. The predicted molar refractivity (Wildman–Crippen MR) is 73.5 cm³/mol. The fourth-order valence-corrected chi connectivity index (χ4v) is 2.28. The fraction of sp³-hybridized carbons (Fsp3) is 0.357. The van der Waals surface area contributed by atoms with Crippen molar-refractivity contribution in [3.8, 4) is 0 Å². The van der Waals surface area contributed by atoms with Crippen LogP contribution in [0.1, 0.15) is 25.1 Å². The fourth-order valence-electron chi connectivity index (χ4n) is 2.06. The maximum absolute atomic E-state index is 6.18. The van der Waals surface area contributed by atoms with Crippen LogP contribution in [0.2, 0.25) is 5.02 Å². The van der Waals surface area contributed by atoms with Crippen molar-refractivity contribution in [2.24, 2.45) is 5.73 Å². The molecule has 0 unspecified atom stereocenters. The van der Waals surface area contributed by atoms with Gasteiger partial charge in [-0.1, -0.05) is 23.7 Å². The quantitative estimate of drug-likeness (QED) is 0.884. The first-order valence-corrected chi connectivity index (χ1v) is 6.08. The van der Waals surface area contributed by atoms with Crippen LogP contribution in [0.25, 0.3) is 10.9 Å². The summed E-state index contributed by atoms with van der Waals surface area (Å²) in [5, 5.41) is 1.80. The largest absolute Gasteiger partial charge is 0.325 e. The van der Waals surface area contributed by atoms with Gasteiger partial charge in [-0.2, -0.15) is 0 Å². The second-order valence-electron chi connectivity index (χ2n) is 5.22. The van der Waals surface area contributed by atoms with E-state index in [9.17, 15) is 0 Å². The van der Waals surface area contributed by atoms with E-state index >= 15 is 0 Å². The van der Waals surface area contributed by atoms with Crippen LogP contribution in [-0.2, 0) is 6.42 Å². The summed E-state index contributed by atoms with van der Waals surface area (Å²) in [4.78, 5) is 4.49. The number of para-hydroxylation sites is 1. The molecule has 0 aliphatic carbocycles. The number of aryl methyl sites for hydroxylation is 1. The average Bonchev–Trinajstić information content (AvgIpc) is 2.17. The Balaban J connectivity index is 2.66. The lowest BCUT2D eigenvalue weighted by molar-refractivity contribution is 0.518. The highest BCUT2D eigenvalue weighted by molar-refractivity contribution is 6.35. The first-order chi connectivity index (χ1) is 7.87. The van der Waals surface area contributed by atoms with Gasteiger partial charge in [0, 0.05) is 16.6 Å². The molecule has 2 N–H and O–H groups in total. The number of fused-ring (bicyclic) bond motifs is 1. The monoisotopic (exact) mass is 248 g/mol. The minimum atomic E-state index is -0.233. The highest BCUT2D eigenvalue weighted by atomic mass is 35.5. The normalized spacial score (nSPS) is 12.1. The van der Waals surface area contributed by atoms with Gasteiger partial charge < -0.3 is 5.73 Å². The van der Waals surface area contributed by atoms with Gasteiger partial charge in [0.25, 0.3) is 0 Å². The van der Waals surface area contributed by atoms with Gasteiger partial charge in [0.05, 0.1) is 10.5 Å². The summed E-state index contributed by atoms with van der Waals surface area (Å²) in [6.45, 7) is 6.04. The topological polar surface area (TPSA) is 38.9 Å². The van der Waals surface area contributed by atoms with Gasteiger partial charge in [-0.3, -0.25) is 4.98 Å². The number of aromatic nitrogens is 1. The Hall–Kier alpha value is -1.12. The first-order valence-electron chi connectivity index (χ1n) is 5.70. The molecule has 0 fully saturated rings. The molecule has 90 valence electrons. The van der Waals surface area contributed by atoms with Gasteiger partial charge in [-0.05, 0) is 44.9 Å². The Labute approximate surface area is 107 Å². The molecule has 0 aliphatic rings. The van der Waals surface area contributed by atoms with Gasteiger partial charge in [0.2, 0.25) is 0 Å². The van der Waals surface area contributed by atoms with Gasteiger partial charge in [0.15, 0.2) is 0 Å². The van der Waals surface area contributed by atoms with E-state index in [0.29, 0.717) is 5.02 Å². The molecule has 3 heteroatoms. The molecule has 0 amide bonds. The number of pyridine rings is 1. The molecule has 2 aromatic rings. The average molecular weight is 249 g/mol.